The highest BCUT2D eigenvalue weighted by atomic mass is 32.2. The molecule has 1 aliphatic rings. The van der Waals surface area contributed by atoms with E-state index in [4.69, 9.17) is 0 Å². The first-order valence-electron chi connectivity index (χ1n) is 9.73. The first kappa shape index (κ1) is 21.5. The molecular formula is C20H34N4O2S. The van der Waals surface area contributed by atoms with Crippen LogP contribution in [0.1, 0.15) is 51.5 Å². The topological polar surface area (TPSA) is 82.6 Å². The molecule has 27 heavy (non-hydrogen) atoms. The van der Waals surface area contributed by atoms with Crippen molar-refractivity contribution in [2.75, 3.05) is 24.6 Å². The molecule has 7 heteroatoms. The van der Waals surface area contributed by atoms with Gasteiger partial charge in [0.15, 0.2) is 5.96 Å². The van der Waals surface area contributed by atoms with Gasteiger partial charge in [0, 0.05) is 20.1 Å². The van der Waals surface area contributed by atoms with Gasteiger partial charge in [-0.2, -0.15) is 0 Å². The normalized spacial score (nSPS) is 17.1. The largest absolute Gasteiger partial charge is 0.356 e. The fourth-order valence-electron chi connectivity index (χ4n) is 4.09. The molecule has 6 nitrogen and oxygen atoms in total. The molecule has 1 aromatic rings. The Kier molecular flexibility index (Phi) is 7.53. The zero-order chi connectivity index (χ0) is 19.9. The molecule has 0 unspecified atom stereocenters. The van der Waals surface area contributed by atoms with Crippen molar-refractivity contribution in [3.63, 3.8) is 0 Å². The Hall–Kier alpha value is -1.76. The fraction of sp³-hybridized carbons (Fsp3) is 0.650. The zero-order valence-corrected chi connectivity index (χ0v) is 17.8. The summed E-state index contributed by atoms with van der Waals surface area (Å²) in [6, 6.07) is 7.39. The predicted octanol–water partition coefficient (Wildman–Crippen LogP) is 3.33. The van der Waals surface area contributed by atoms with Crippen LogP contribution < -0.4 is 15.4 Å². The SMILES string of the molecule is CN=C(NCc1ccccc1NS(C)(=O)=O)NCC1(CC(C)C)CCCC1. The third kappa shape index (κ3) is 7.05. The maximum atomic E-state index is 11.6. The van der Waals surface area contributed by atoms with Gasteiger partial charge in [-0.3, -0.25) is 9.71 Å². The van der Waals surface area contributed by atoms with Crippen molar-refractivity contribution < 1.29 is 8.42 Å². The Balaban J connectivity index is 1.96. The van der Waals surface area contributed by atoms with Crippen LogP contribution in [0, 0.1) is 11.3 Å². The number of anilines is 1. The minimum Gasteiger partial charge on any atom is -0.356 e. The molecular weight excluding hydrogens is 360 g/mol. The number of rotatable bonds is 8. The van der Waals surface area contributed by atoms with E-state index in [0.29, 0.717) is 23.6 Å². The van der Waals surface area contributed by atoms with Crippen molar-refractivity contribution >= 4 is 21.7 Å². The highest BCUT2D eigenvalue weighted by Crippen LogP contribution is 2.42. The van der Waals surface area contributed by atoms with Crippen LogP contribution in [0.15, 0.2) is 29.3 Å². The number of aliphatic imine (C=N–C) groups is 1. The van der Waals surface area contributed by atoms with Gasteiger partial charge in [0.1, 0.15) is 0 Å². The Morgan fingerprint density at radius 2 is 1.85 bits per heavy atom. The zero-order valence-electron chi connectivity index (χ0n) is 17.0. The third-order valence-corrected chi connectivity index (χ3v) is 5.71. The molecule has 0 aromatic heterocycles. The first-order valence-corrected chi connectivity index (χ1v) is 11.6. The van der Waals surface area contributed by atoms with E-state index in [0.717, 1.165) is 24.3 Å². The highest BCUT2D eigenvalue weighted by Gasteiger charge is 2.34. The maximum Gasteiger partial charge on any atom is 0.229 e. The van der Waals surface area contributed by atoms with Crippen molar-refractivity contribution in [3.8, 4) is 0 Å². The molecule has 1 aliphatic carbocycles. The van der Waals surface area contributed by atoms with E-state index in [-0.39, 0.29) is 0 Å². The standard InChI is InChI=1S/C20H34N4O2S/c1-16(2)13-20(11-7-8-12-20)15-23-19(21-3)22-14-17-9-5-6-10-18(17)24-27(4,25)26/h5-6,9-10,16,24H,7-8,11-15H2,1-4H3,(H2,21,22,23). The number of benzene rings is 1. The molecule has 0 saturated heterocycles. The quantitative estimate of drug-likeness (QED) is 0.466. The van der Waals surface area contributed by atoms with E-state index in [9.17, 15) is 8.42 Å². The van der Waals surface area contributed by atoms with Gasteiger partial charge >= 0.3 is 0 Å². The van der Waals surface area contributed by atoms with Crippen molar-refractivity contribution in [3.05, 3.63) is 29.8 Å². The van der Waals surface area contributed by atoms with Crippen molar-refractivity contribution in [1.29, 1.82) is 0 Å². The molecule has 152 valence electrons. The van der Waals surface area contributed by atoms with Gasteiger partial charge in [0.2, 0.25) is 10.0 Å². The lowest BCUT2D eigenvalue weighted by Gasteiger charge is -2.32. The molecule has 1 fully saturated rings. The van der Waals surface area contributed by atoms with E-state index in [1.807, 2.05) is 18.2 Å². The summed E-state index contributed by atoms with van der Waals surface area (Å²) in [5, 5.41) is 6.81. The Labute approximate surface area is 164 Å². The number of nitrogens with one attached hydrogen (secondary N) is 3. The Morgan fingerprint density at radius 3 is 2.44 bits per heavy atom. The van der Waals surface area contributed by atoms with Gasteiger partial charge in [0.05, 0.1) is 11.9 Å². The van der Waals surface area contributed by atoms with Crippen LogP contribution in [0.2, 0.25) is 0 Å². The number of guanidine groups is 1. The molecule has 0 radical (unpaired) electrons. The third-order valence-electron chi connectivity index (χ3n) is 5.12. The van der Waals surface area contributed by atoms with Crippen molar-refractivity contribution in [2.24, 2.45) is 16.3 Å². The lowest BCUT2D eigenvalue weighted by atomic mass is 9.78. The minimum atomic E-state index is -3.31. The summed E-state index contributed by atoms with van der Waals surface area (Å²) < 4.78 is 25.7. The molecule has 2 rings (SSSR count). The van der Waals surface area contributed by atoms with Crippen molar-refractivity contribution in [1.82, 2.24) is 10.6 Å². The fourth-order valence-corrected chi connectivity index (χ4v) is 4.69. The number of sulfonamides is 1. The molecule has 0 bridgehead atoms. The molecule has 0 heterocycles. The second-order valence-corrected chi connectivity index (χ2v) is 9.86. The maximum absolute atomic E-state index is 11.6. The van der Waals surface area contributed by atoms with Crippen LogP contribution >= 0.6 is 0 Å². The Morgan fingerprint density at radius 1 is 1.19 bits per heavy atom. The summed E-state index contributed by atoms with van der Waals surface area (Å²) in [5.41, 5.74) is 1.83. The summed E-state index contributed by atoms with van der Waals surface area (Å²) in [6.45, 7) is 6.00. The predicted molar refractivity (Wildman–Crippen MR) is 113 cm³/mol. The second kappa shape index (κ2) is 9.44. The van der Waals surface area contributed by atoms with Gasteiger partial charge in [0.25, 0.3) is 0 Å². The van der Waals surface area contributed by atoms with Gasteiger partial charge in [-0.1, -0.05) is 44.9 Å². The average Bonchev–Trinajstić information content (AvgIpc) is 3.03. The molecule has 0 spiro atoms. The van der Waals surface area contributed by atoms with Gasteiger partial charge in [-0.05, 0) is 42.2 Å². The molecule has 1 aromatic carbocycles. The van der Waals surface area contributed by atoms with E-state index in [1.165, 1.54) is 32.1 Å². The van der Waals surface area contributed by atoms with Crippen molar-refractivity contribution in [2.45, 2.75) is 52.5 Å². The van der Waals surface area contributed by atoms with Crippen LogP contribution in [-0.4, -0.2) is 34.2 Å². The van der Waals surface area contributed by atoms with Crippen LogP contribution in [-0.2, 0) is 16.6 Å². The lowest BCUT2D eigenvalue weighted by molar-refractivity contribution is 0.235. The number of hydrogen-bond donors (Lipinski definition) is 3. The minimum absolute atomic E-state index is 0.363. The number of hydrogen-bond acceptors (Lipinski definition) is 3. The summed E-state index contributed by atoms with van der Waals surface area (Å²) >= 11 is 0. The summed E-state index contributed by atoms with van der Waals surface area (Å²) in [4.78, 5) is 4.33. The molecule has 3 N–H and O–H groups in total. The molecule has 0 atom stereocenters. The van der Waals surface area contributed by atoms with E-state index >= 15 is 0 Å². The number of nitrogens with zero attached hydrogens (tertiary/aromatic N) is 1. The summed E-state index contributed by atoms with van der Waals surface area (Å²) in [7, 11) is -1.54. The van der Waals surface area contributed by atoms with E-state index < -0.39 is 10.0 Å². The molecule has 0 amide bonds. The number of para-hydroxylation sites is 1. The smallest absolute Gasteiger partial charge is 0.229 e. The molecule has 1 saturated carbocycles. The molecule has 0 aliphatic heterocycles. The monoisotopic (exact) mass is 394 g/mol. The van der Waals surface area contributed by atoms with Crippen LogP contribution in [0.5, 0.6) is 0 Å². The lowest BCUT2D eigenvalue weighted by Crippen LogP contribution is -2.43. The highest BCUT2D eigenvalue weighted by molar-refractivity contribution is 7.92. The van der Waals surface area contributed by atoms with Gasteiger partial charge < -0.3 is 10.6 Å². The summed E-state index contributed by atoms with van der Waals surface area (Å²) in [6.07, 6.45) is 7.56. The van der Waals surface area contributed by atoms with E-state index in [1.54, 1.807) is 13.1 Å². The Bertz CT molecular complexity index is 738. The van der Waals surface area contributed by atoms with Gasteiger partial charge in [-0.15, -0.1) is 0 Å². The van der Waals surface area contributed by atoms with Crippen LogP contribution in [0.4, 0.5) is 5.69 Å². The summed E-state index contributed by atoms with van der Waals surface area (Å²) in [5.74, 6) is 1.44. The van der Waals surface area contributed by atoms with Crippen LogP contribution in [0.3, 0.4) is 0 Å². The first-order chi connectivity index (χ1) is 12.7. The average molecular weight is 395 g/mol. The van der Waals surface area contributed by atoms with Gasteiger partial charge in [-0.25, -0.2) is 8.42 Å². The second-order valence-electron chi connectivity index (χ2n) is 8.12. The van der Waals surface area contributed by atoms with E-state index in [2.05, 4.69) is 34.2 Å². The van der Waals surface area contributed by atoms with Crippen LogP contribution in [0.25, 0.3) is 0 Å².